The molecule has 0 saturated carbocycles. The first-order chi connectivity index (χ1) is 13.0. The molecule has 0 radical (unpaired) electrons. The van der Waals surface area contributed by atoms with Gasteiger partial charge >= 0.3 is 0 Å². The van der Waals surface area contributed by atoms with E-state index < -0.39 is 0 Å². The molecular weight excluding hydrogens is 338 g/mol. The third-order valence-corrected chi connectivity index (χ3v) is 4.20. The fourth-order valence-corrected chi connectivity index (χ4v) is 2.83. The largest absolute Gasteiger partial charge is 0.344 e. The molecule has 5 heteroatoms. The summed E-state index contributed by atoms with van der Waals surface area (Å²) >= 11 is 0. The van der Waals surface area contributed by atoms with Crippen LogP contribution in [0, 0.1) is 12.3 Å². The molecule has 0 unspecified atom stereocenters. The van der Waals surface area contributed by atoms with Crippen molar-refractivity contribution in [1.29, 1.82) is 0 Å². The van der Waals surface area contributed by atoms with E-state index in [1.807, 2.05) is 61.5 Å². The Labute approximate surface area is 160 Å². The van der Waals surface area contributed by atoms with E-state index >= 15 is 0 Å². The Morgan fingerprint density at radius 1 is 1.15 bits per heavy atom. The Morgan fingerprint density at radius 3 is 2.56 bits per heavy atom. The van der Waals surface area contributed by atoms with Gasteiger partial charge < -0.3 is 10.6 Å². The maximum atomic E-state index is 12.2. The average Bonchev–Trinajstić information content (AvgIpc) is 2.66. The summed E-state index contributed by atoms with van der Waals surface area (Å²) in [5.41, 5.74) is 2.87. The van der Waals surface area contributed by atoms with Crippen molar-refractivity contribution < 1.29 is 9.59 Å². The smallest absolute Gasteiger partial charge is 0.234 e. The maximum absolute atomic E-state index is 12.2. The fraction of sp³-hybridized carbons (Fsp3) is 0.273. The summed E-state index contributed by atoms with van der Waals surface area (Å²) < 4.78 is 0. The van der Waals surface area contributed by atoms with E-state index in [9.17, 15) is 9.59 Å². The number of carbonyl (C=O) groups is 2. The summed E-state index contributed by atoms with van der Waals surface area (Å²) in [4.78, 5) is 25.6. The van der Waals surface area contributed by atoms with Crippen LogP contribution in [0.5, 0.6) is 0 Å². The molecule has 140 valence electrons. The summed E-state index contributed by atoms with van der Waals surface area (Å²) in [6, 6.07) is 17.6. The van der Waals surface area contributed by atoms with Gasteiger partial charge in [0.25, 0.3) is 0 Å². The number of hydrogen-bond donors (Lipinski definition) is 2. The second kappa shape index (κ2) is 10.1. The highest BCUT2D eigenvalue weighted by atomic mass is 16.2. The van der Waals surface area contributed by atoms with E-state index in [0.29, 0.717) is 6.54 Å². The molecule has 27 heavy (non-hydrogen) atoms. The van der Waals surface area contributed by atoms with Gasteiger partial charge in [-0.05, 0) is 30.2 Å². The van der Waals surface area contributed by atoms with Crippen molar-refractivity contribution in [3.63, 3.8) is 0 Å². The fourth-order valence-electron chi connectivity index (χ4n) is 2.83. The van der Waals surface area contributed by atoms with E-state index in [1.54, 1.807) is 0 Å². The second-order valence-electron chi connectivity index (χ2n) is 6.35. The summed E-state index contributed by atoms with van der Waals surface area (Å²) in [6.45, 7) is 4.58. The monoisotopic (exact) mass is 363 g/mol. The van der Waals surface area contributed by atoms with Crippen molar-refractivity contribution in [3.8, 4) is 12.3 Å². The van der Waals surface area contributed by atoms with Crippen LogP contribution in [0.4, 0.5) is 5.69 Å². The van der Waals surface area contributed by atoms with Gasteiger partial charge in [-0.1, -0.05) is 48.4 Å². The molecule has 0 saturated heterocycles. The number of anilines is 1. The van der Waals surface area contributed by atoms with Crippen molar-refractivity contribution in [2.75, 3.05) is 18.4 Å². The standard InChI is InChI=1S/C22H25N3O2/c1-4-13-23-22(27)16-25(15-19-9-6-5-7-10-19)17(2)20-11-8-12-21(14-20)24-18(3)26/h1,5-12,14,17H,13,15-16H2,2-3H3,(H,23,27)(H,24,26)/t17-/m1/s1. The quantitative estimate of drug-likeness (QED) is 0.709. The first kappa shape index (κ1) is 20.2. The molecule has 2 rings (SSSR count). The molecule has 2 aromatic rings. The number of carbonyl (C=O) groups excluding carboxylic acids is 2. The van der Waals surface area contributed by atoms with E-state index in [1.165, 1.54) is 6.92 Å². The highest BCUT2D eigenvalue weighted by Crippen LogP contribution is 2.24. The Morgan fingerprint density at radius 2 is 1.89 bits per heavy atom. The first-order valence-corrected chi connectivity index (χ1v) is 8.85. The van der Waals surface area contributed by atoms with Crippen LogP contribution in [0.25, 0.3) is 0 Å². The molecule has 0 fully saturated rings. The Balaban J connectivity index is 2.21. The molecule has 5 nitrogen and oxygen atoms in total. The normalized spacial score (nSPS) is 11.5. The molecule has 2 aromatic carbocycles. The summed E-state index contributed by atoms with van der Waals surface area (Å²) in [5, 5.41) is 5.52. The molecule has 0 aliphatic carbocycles. The maximum Gasteiger partial charge on any atom is 0.234 e. The second-order valence-corrected chi connectivity index (χ2v) is 6.35. The number of amides is 2. The third kappa shape index (κ3) is 6.61. The van der Waals surface area contributed by atoms with E-state index in [-0.39, 0.29) is 30.9 Å². The van der Waals surface area contributed by atoms with Crippen LogP contribution in [0.2, 0.25) is 0 Å². The van der Waals surface area contributed by atoms with Crippen LogP contribution in [0.1, 0.15) is 31.0 Å². The molecule has 0 heterocycles. The van der Waals surface area contributed by atoms with E-state index in [2.05, 4.69) is 21.5 Å². The van der Waals surface area contributed by atoms with Gasteiger partial charge in [-0.25, -0.2) is 0 Å². The minimum absolute atomic E-state index is 0.0319. The third-order valence-electron chi connectivity index (χ3n) is 4.20. The number of rotatable bonds is 8. The molecule has 0 aliphatic heterocycles. The van der Waals surface area contributed by atoms with Crippen molar-refractivity contribution in [2.24, 2.45) is 0 Å². The topological polar surface area (TPSA) is 61.4 Å². The van der Waals surface area contributed by atoms with Crippen LogP contribution in [-0.4, -0.2) is 29.8 Å². The zero-order valence-corrected chi connectivity index (χ0v) is 15.7. The number of terminal acetylenes is 1. The van der Waals surface area contributed by atoms with Crippen LogP contribution in [0.15, 0.2) is 54.6 Å². The van der Waals surface area contributed by atoms with E-state index in [0.717, 1.165) is 16.8 Å². The highest BCUT2D eigenvalue weighted by molar-refractivity contribution is 5.88. The lowest BCUT2D eigenvalue weighted by Crippen LogP contribution is -2.38. The minimum atomic E-state index is -0.117. The number of hydrogen-bond acceptors (Lipinski definition) is 3. The Kier molecular flexibility index (Phi) is 7.60. The lowest BCUT2D eigenvalue weighted by atomic mass is 10.0. The zero-order valence-electron chi connectivity index (χ0n) is 15.7. The van der Waals surface area contributed by atoms with Crippen LogP contribution in [0.3, 0.4) is 0 Å². The van der Waals surface area contributed by atoms with E-state index in [4.69, 9.17) is 6.42 Å². The van der Waals surface area contributed by atoms with Crippen molar-refractivity contribution >= 4 is 17.5 Å². The summed E-state index contributed by atoms with van der Waals surface area (Å²) in [6.07, 6.45) is 5.23. The van der Waals surface area contributed by atoms with Crippen LogP contribution >= 0.6 is 0 Å². The molecular formula is C22H25N3O2. The van der Waals surface area contributed by atoms with Gasteiger partial charge in [0.15, 0.2) is 0 Å². The molecule has 2 N–H and O–H groups in total. The summed E-state index contributed by atoms with van der Waals surface area (Å²) in [5.74, 6) is 2.18. The molecule has 0 bridgehead atoms. The summed E-state index contributed by atoms with van der Waals surface area (Å²) in [7, 11) is 0. The van der Waals surface area contributed by atoms with Crippen molar-refractivity contribution in [3.05, 3.63) is 65.7 Å². The van der Waals surface area contributed by atoms with Gasteiger partial charge in [-0.15, -0.1) is 6.42 Å². The minimum Gasteiger partial charge on any atom is -0.344 e. The highest BCUT2D eigenvalue weighted by Gasteiger charge is 2.19. The van der Waals surface area contributed by atoms with Gasteiger partial charge in [0.2, 0.25) is 11.8 Å². The molecule has 0 aromatic heterocycles. The van der Waals surface area contributed by atoms with Gasteiger partial charge in [-0.3, -0.25) is 14.5 Å². The zero-order chi connectivity index (χ0) is 19.6. The molecule has 0 aliphatic rings. The molecule has 0 spiro atoms. The number of benzene rings is 2. The van der Waals surface area contributed by atoms with Crippen LogP contribution in [-0.2, 0) is 16.1 Å². The van der Waals surface area contributed by atoms with Gasteiger partial charge in [0.05, 0.1) is 13.1 Å². The predicted molar refractivity (Wildman–Crippen MR) is 108 cm³/mol. The number of nitrogens with one attached hydrogen (secondary N) is 2. The average molecular weight is 363 g/mol. The molecule has 2 amide bonds. The Bertz CT molecular complexity index is 812. The van der Waals surface area contributed by atoms with Crippen molar-refractivity contribution in [1.82, 2.24) is 10.2 Å². The van der Waals surface area contributed by atoms with Crippen LogP contribution < -0.4 is 10.6 Å². The first-order valence-electron chi connectivity index (χ1n) is 8.85. The molecule has 1 atom stereocenters. The SMILES string of the molecule is C#CCNC(=O)CN(Cc1ccccc1)[C@H](C)c1cccc(NC(C)=O)c1. The lowest BCUT2D eigenvalue weighted by Gasteiger charge is -2.29. The van der Waals surface area contributed by atoms with Gasteiger partial charge in [-0.2, -0.15) is 0 Å². The van der Waals surface area contributed by atoms with Gasteiger partial charge in [0, 0.05) is 25.2 Å². The van der Waals surface area contributed by atoms with Gasteiger partial charge in [0.1, 0.15) is 0 Å². The van der Waals surface area contributed by atoms with Crippen molar-refractivity contribution in [2.45, 2.75) is 26.4 Å². The predicted octanol–water partition coefficient (Wildman–Crippen LogP) is 2.96. The lowest BCUT2D eigenvalue weighted by molar-refractivity contribution is -0.122. The number of nitrogens with zero attached hydrogens (tertiary/aromatic N) is 1. The Hall–Kier alpha value is -3.10.